The number of fused-ring (bicyclic) bond motifs is 1. The summed E-state index contributed by atoms with van der Waals surface area (Å²) in [7, 11) is 0. The number of likely N-dealkylation sites (tertiary alicyclic amines) is 1. The molecule has 0 spiro atoms. The minimum atomic E-state index is -4.57. The number of alkyl halides is 3. The number of halogens is 3. The normalized spacial score (nSPS) is 26.0. The topological polar surface area (TPSA) is 42.2 Å². The molecule has 1 saturated carbocycles. The van der Waals surface area contributed by atoms with E-state index in [1.807, 2.05) is 0 Å². The van der Waals surface area contributed by atoms with Crippen molar-refractivity contribution in [3.8, 4) is 0 Å². The molecular weight excluding hydrogens is 331 g/mol. The number of aryl methyl sites for hydroxylation is 2. The van der Waals surface area contributed by atoms with Gasteiger partial charge < -0.3 is 9.32 Å². The van der Waals surface area contributed by atoms with Crippen LogP contribution in [-0.2, 0) is 18.0 Å². The van der Waals surface area contributed by atoms with Crippen LogP contribution in [0.3, 0.4) is 0 Å². The molecule has 0 radical (unpaired) electrons. The molecule has 1 aromatic carbocycles. The number of aromatic nitrogens is 2. The molecule has 2 aromatic rings. The second-order valence-corrected chi connectivity index (χ2v) is 7.26. The third-order valence-electron chi connectivity index (χ3n) is 5.42. The zero-order valence-corrected chi connectivity index (χ0v) is 14.0. The minimum absolute atomic E-state index is 0.0601. The van der Waals surface area contributed by atoms with Gasteiger partial charge in [0.15, 0.2) is 0 Å². The Balaban J connectivity index is 1.29. The Morgan fingerprint density at radius 3 is 2.68 bits per heavy atom. The maximum Gasteiger partial charge on any atom is 0.470 e. The number of piperidine rings is 1. The van der Waals surface area contributed by atoms with Gasteiger partial charge >= 0.3 is 12.1 Å². The van der Waals surface area contributed by atoms with E-state index in [2.05, 4.69) is 50.7 Å². The van der Waals surface area contributed by atoms with Crippen LogP contribution in [0.5, 0.6) is 0 Å². The fourth-order valence-corrected chi connectivity index (χ4v) is 4.01. The number of benzene rings is 1. The van der Waals surface area contributed by atoms with Gasteiger partial charge in [0.1, 0.15) is 0 Å². The van der Waals surface area contributed by atoms with Gasteiger partial charge in [-0.2, -0.15) is 13.2 Å². The molecule has 4 nitrogen and oxygen atoms in total. The first-order valence-electron chi connectivity index (χ1n) is 8.56. The van der Waals surface area contributed by atoms with Crippen LogP contribution in [0.25, 0.3) is 0 Å². The van der Waals surface area contributed by atoms with Gasteiger partial charge in [0.25, 0.3) is 0 Å². The van der Waals surface area contributed by atoms with E-state index in [0.717, 1.165) is 26.1 Å². The lowest BCUT2D eigenvalue weighted by Crippen LogP contribution is -2.27. The Hall–Kier alpha value is -1.89. The fourth-order valence-electron chi connectivity index (χ4n) is 4.01. The van der Waals surface area contributed by atoms with Crippen molar-refractivity contribution in [2.45, 2.75) is 37.8 Å². The highest BCUT2D eigenvalue weighted by atomic mass is 19.4. The number of hydrogen-bond acceptors (Lipinski definition) is 4. The Morgan fingerprint density at radius 1 is 1.24 bits per heavy atom. The Kier molecular flexibility index (Phi) is 3.86. The van der Waals surface area contributed by atoms with E-state index in [1.54, 1.807) is 0 Å². The van der Waals surface area contributed by atoms with Crippen molar-refractivity contribution in [2.24, 2.45) is 5.92 Å². The molecule has 1 aromatic heterocycles. The van der Waals surface area contributed by atoms with Crippen LogP contribution in [0.2, 0.25) is 0 Å². The lowest BCUT2D eigenvalue weighted by molar-refractivity contribution is -0.157. The van der Waals surface area contributed by atoms with E-state index in [4.69, 9.17) is 0 Å². The van der Waals surface area contributed by atoms with Crippen LogP contribution in [0.1, 0.15) is 35.7 Å². The predicted molar refractivity (Wildman–Crippen MR) is 85.0 cm³/mol. The molecule has 0 unspecified atom stereocenters. The average molecular weight is 351 g/mol. The second kappa shape index (κ2) is 5.83. The molecule has 2 atom stereocenters. The molecule has 4 rings (SSSR count). The zero-order chi connectivity index (χ0) is 17.7. The standard InChI is InChI=1S/C18H20F3N3O/c1-12-4-6-13(7-5-12)17-9-14(17)10-24(11-17)8-2-3-15-22-23-16(25-15)18(19,20)21/h4-7,14H,2-3,8-11H2,1H3/t14-,17+/m0/s1. The highest BCUT2D eigenvalue weighted by molar-refractivity contribution is 5.38. The molecule has 2 aliphatic rings. The first-order valence-corrected chi connectivity index (χ1v) is 8.56. The summed E-state index contributed by atoms with van der Waals surface area (Å²) < 4.78 is 42.0. The molecule has 134 valence electrons. The number of rotatable bonds is 5. The van der Waals surface area contributed by atoms with E-state index in [1.165, 1.54) is 17.5 Å². The SMILES string of the molecule is Cc1ccc([C@]23C[C@H]2CN(CCCc2nnc(C(F)(F)F)o2)C3)cc1. The molecule has 7 heteroatoms. The van der Waals surface area contributed by atoms with E-state index in [9.17, 15) is 13.2 Å². The van der Waals surface area contributed by atoms with Crippen LogP contribution < -0.4 is 0 Å². The molecule has 2 fully saturated rings. The molecule has 1 saturated heterocycles. The van der Waals surface area contributed by atoms with Crippen LogP contribution in [-0.4, -0.2) is 34.7 Å². The van der Waals surface area contributed by atoms with Crippen molar-refractivity contribution in [1.82, 2.24) is 15.1 Å². The average Bonchev–Trinajstić information content (AvgIpc) is 2.93. The van der Waals surface area contributed by atoms with Gasteiger partial charge in [-0.1, -0.05) is 29.8 Å². The highest BCUT2D eigenvalue weighted by Crippen LogP contribution is 2.58. The molecule has 2 heterocycles. The molecular formula is C18H20F3N3O. The molecule has 1 aliphatic carbocycles. The lowest BCUT2D eigenvalue weighted by Gasteiger charge is -2.20. The van der Waals surface area contributed by atoms with Crippen LogP contribution in [0.4, 0.5) is 13.2 Å². The van der Waals surface area contributed by atoms with Crippen molar-refractivity contribution < 1.29 is 17.6 Å². The van der Waals surface area contributed by atoms with Gasteiger partial charge in [-0.25, -0.2) is 0 Å². The first kappa shape index (κ1) is 16.6. The summed E-state index contributed by atoms with van der Waals surface area (Å²) in [6, 6.07) is 8.79. The van der Waals surface area contributed by atoms with Crippen molar-refractivity contribution in [3.05, 3.63) is 47.2 Å². The summed E-state index contributed by atoms with van der Waals surface area (Å²) in [6.07, 6.45) is -2.23. The Labute approximate surface area is 144 Å². The Bertz CT molecular complexity index is 756. The number of nitrogens with zero attached hydrogens (tertiary/aromatic N) is 3. The van der Waals surface area contributed by atoms with E-state index in [0.29, 0.717) is 17.8 Å². The molecule has 0 amide bonds. The molecule has 0 N–H and O–H groups in total. The summed E-state index contributed by atoms with van der Waals surface area (Å²) in [5.41, 5.74) is 2.98. The third-order valence-corrected chi connectivity index (χ3v) is 5.42. The monoisotopic (exact) mass is 351 g/mol. The van der Waals surface area contributed by atoms with Gasteiger partial charge in [-0.3, -0.25) is 0 Å². The largest absolute Gasteiger partial charge is 0.470 e. The van der Waals surface area contributed by atoms with Crippen LogP contribution in [0, 0.1) is 12.8 Å². The molecule has 1 aliphatic heterocycles. The van der Waals surface area contributed by atoms with Crippen LogP contribution >= 0.6 is 0 Å². The second-order valence-electron chi connectivity index (χ2n) is 7.26. The van der Waals surface area contributed by atoms with E-state index in [-0.39, 0.29) is 5.89 Å². The quantitative estimate of drug-likeness (QED) is 0.825. The summed E-state index contributed by atoms with van der Waals surface area (Å²) in [5.74, 6) is -0.497. The van der Waals surface area contributed by atoms with Gasteiger partial charge in [0, 0.05) is 24.9 Å². The Morgan fingerprint density at radius 2 is 2.00 bits per heavy atom. The van der Waals surface area contributed by atoms with Crippen molar-refractivity contribution in [3.63, 3.8) is 0 Å². The minimum Gasteiger partial charge on any atom is -0.417 e. The van der Waals surface area contributed by atoms with Gasteiger partial charge in [-0.05, 0) is 37.8 Å². The first-order chi connectivity index (χ1) is 11.9. The number of hydrogen-bond donors (Lipinski definition) is 0. The van der Waals surface area contributed by atoms with E-state index < -0.39 is 12.1 Å². The van der Waals surface area contributed by atoms with Crippen molar-refractivity contribution >= 4 is 0 Å². The summed E-state index contributed by atoms with van der Waals surface area (Å²) in [5, 5.41) is 6.54. The maximum atomic E-state index is 12.4. The smallest absolute Gasteiger partial charge is 0.417 e. The highest BCUT2D eigenvalue weighted by Gasteiger charge is 2.60. The molecule has 25 heavy (non-hydrogen) atoms. The van der Waals surface area contributed by atoms with E-state index >= 15 is 0 Å². The van der Waals surface area contributed by atoms with Gasteiger partial charge in [0.2, 0.25) is 5.89 Å². The van der Waals surface area contributed by atoms with Gasteiger partial charge in [-0.15, -0.1) is 10.2 Å². The molecule has 0 bridgehead atoms. The lowest BCUT2D eigenvalue weighted by atomic mass is 9.94. The van der Waals surface area contributed by atoms with Crippen molar-refractivity contribution in [2.75, 3.05) is 19.6 Å². The van der Waals surface area contributed by atoms with Crippen molar-refractivity contribution in [1.29, 1.82) is 0 Å². The summed E-state index contributed by atoms with van der Waals surface area (Å²) in [4.78, 5) is 2.40. The fraction of sp³-hybridized carbons (Fsp3) is 0.556. The summed E-state index contributed by atoms with van der Waals surface area (Å²) in [6.45, 7) is 5.02. The zero-order valence-electron chi connectivity index (χ0n) is 14.0. The van der Waals surface area contributed by atoms with Crippen LogP contribution in [0.15, 0.2) is 28.7 Å². The third kappa shape index (κ3) is 3.17. The maximum absolute atomic E-state index is 12.4. The predicted octanol–water partition coefficient (Wildman–Crippen LogP) is 3.60. The summed E-state index contributed by atoms with van der Waals surface area (Å²) >= 11 is 0. The van der Waals surface area contributed by atoms with Gasteiger partial charge in [0.05, 0.1) is 0 Å².